The molecule has 0 spiro atoms. The highest BCUT2D eigenvalue weighted by Gasteiger charge is 2.01. The molecule has 1 aromatic carbocycles. The molecule has 0 N–H and O–H groups in total. The van der Waals surface area contributed by atoms with Crippen molar-refractivity contribution >= 4 is 0 Å². The highest BCUT2D eigenvalue weighted by molar-refractivity contribution is 5.39. The van der Waals surface area contributed by atoms with Gasteiger partial charge in [-0.2, -0.15) is 5.10 Å². The van der Waals surface area contributed by atoms with E-state index in [0.717, 1.165) is 18.0 Å². The minimum Gasteiger partial charge on any atom is -0.493 e. The molecule has 1 aromatic heterocycles. The number of ether oxygens (including phenoxy) is 2. The Morgan fingerprint density at radius 3 is 2.69 bits per heavy atom. The first kappa shape index (κ1) is 10.5. The fraction of sp³-hybridized carbons (Fsp3) is 0.250. The summed E-state index contributed by atoms with van der Waals surface area (Å²) in [4.78, 5) is 0. The molecule has 0 saturated carbocycles. The zero-order valence-corrected chi connectivity index (χ0v) is 9.17. The van der Waals surface area contributed by atoms with Crippen molar-refractivity contribution in [3.05, 3.63) is 42.7 Å². The Balaban J connectivity index is 1.89. The Morgan fingerprint density at radius 2 is 2.00 bits per heavy atom. The van der Waals surface area contributed by atoms with E-state index in [2.05, 4.69) is 5.10 Å². The van der Waals surface area contributed by atoms with E-state index in [1.54, 1.807) is 13.3 Å². The summed E-state index contributed by atoms with van der Waals surface area (Å²) in [5, 5.41) is 4.10. The van der Waals surface area contributed by atoms with Crippen LogP contribution in [0.25, 0.3) is 0 Å². The molecule has 84 valence electrons. The topological polar surface area (TPSA) is 36.3 Å². The summed E-state index contributed by atoms with van der Waals surface area (Å²) in [6.45, 7) is 1.30. The minimum absolute atomic E-state index is 0.571. The van der Waals surface area contributed by atoms with Crippen LogP contribution in [0, 0.1) is 0 Å². The van der Waals surface area contributed by atoms with E-state index in [0.29, 0.717) is 6.61 Å². The van der Waals surface area contributed by atoms with Gasteiger partial charge in [0.25, 0.3) is 0 Å². The maximum absolute atomic E-state index is 5.62. The van der Waals surface area contributed by atoms with Crippen LogP contribution in [0.3, 0.4) is 0 Å². The Labute approximate surface area is 94.4 Å². The molecule has 0 bridgehead atoms. The van der Waals surface area contributed by atoms with Gasteiger partial charge in [0.1, 0.15) is 6.61 Å². The highest BCUT2D eigenvalue weighted by atomic mass is 16.5. The molecule has 16 heavy (non-hydrogen) atoms. The molecule has 0 aliphatic carbocycles. The lowest BCUT2D eigenvalue weighted by atomic mass is 10.3. The SMILES string of the molecule is COc1ccccc1OCCn1cccn1. The van der Waals surface area contributed by atoms with Crippen LogP contribution >= 0.6 is 0 Å². The van der Waals surface area contributed by atoms with Gasteiger partial charge in [0.2, 0.25) is 0 Å². The molecular formula is C12H14N2O2. The average molecular weight is 218 g/mol. The van der Waals surface area contributed by atoms with Gasteiger partial charge in [0, 0.05) is 12.4 Å². The summed E-state index contributed by atoms with van der Waals surface area (Å²) in [5.74, 6) is 1.51. The van der Waals surface area contributed by atoms with Gasteiger partial charge in [0.15, 0.2) is 11.5 Å². The van der Waals surface area contributed by atoms with E-state index in [-0.39, 0.29) is 0 Å². The number of benzene rings is 1. The second-order valence-electron chi connectivity index (χ2n) is 3.27. The van der Waals surface area contributed by atoms with Gasteiger partial charge in [0.05, 0.1) is 13.7 Å². The Morgan fingerprint density at radius 1 is 1.19 bits per heavy atom. The van der Waals surface area contributed by atoms with E-state index >= 15 is 0 Å². The van der Waals surface area contributed by atoms with E-state index in [1.807, 2.05) is 41.2 Å². The summed E-state index contributed by atoms with van der Waals surface area (Å²) < 4.78 is 12.6. The first-order valence-electron chi connectivity index (χ1n) is 5.13. The second-order valence-corrected chi connectivity index (χ2v) is 3.27. The standard InChI is InChI=1S/C12H14N2O2/c1-15-11-5-2-3-6-12(11)16-10-9-14-8-4-7-13-14/h2-8H,9-10H2,1H3. The molecule has 2 aromatic rings. The van der Waals surface area contributed by atoms with E-state index in [1.165, 1.54) is 0 Å². The van der Waals surface area contributed by atoms with Crippen molar-refractivity contribution in [1.82, 2.24) is 9.78 Å². The average Bonchev–Trinajstić information content (AvgIpc) is 2.83. The van der Waals surface area contributed by atoms with Crippen LogP contribution in [0.15, 0.2) is 42.7 Å². The highest BCUT2D eigenvalue weighted by Crippen LogP contribution is 2.25. The molecule has 0 amide bonds. The molecule has 0 radical (unpaired) electrons. The number of rotatable bonds is 5. The van der Waals surface area contributed by atoms with Crippen molar-refractivity contribution in [2.24, 2.45) is 0 Å². The summed E-state index contributed by atoms with van der Waals surface area (Å²) >= 11 is 0. The van der Waals surface area contributed by atoms with Gasteiger partial charge in [-0.1, -0.05) is 12.1 Å². The fourth-order valence-corrected chi connectivity index (χ4v) is 1.42. The predicted octanol–water partition coefficient (Wildman–Crippen LogP) is 1.97. The predicted molar refractivity (Wildman–Crippen MR) is 60.7 cm³/mol. The van der Waals surface area contributed by atoms with E-state index in [9.17, 15) is 0 Å². The Kier molecular flexibility index (Phi) is 3.43. The largest absolute Gasteiger partial charge is 0.493 e. The lowest BCUT2D eigenvalue weighted by Crippen LogP contribution is -2.08. The van der Waals surface area contributed by atoms with Crippen LogP contribution in [0.5, 0.6) is 11.5 Å². The van der Waals surface area contributed by atoms with Crippen molar-refractivity contribution in [2.75, 3.05) is 13.7 Å². The molecule has 0 aliphatic rings. The third-order valence-electron chi connectivity index (χ3n) is 2.21. The first-order valence-corrected chi connectivity index (χ1v) is 5.13. The quantitative estimate of drug-likeness (QED) is 0.769. The summed E-state index contributed by atoms with van der Waals surface area (Å²) in [7, 11) is 1.63. The number of hydrogen-bond acceptors (Lipinski definition) is 3. The van der Waals surface area contributed by atoms with Gasteiger partial charge in [-0.25, -0.2) is 0 Å². The monoisotopic (exact) mass is 218 g/mol. The molecule has 4 heteroatoms. The lowest BCUT2D eigenvalue weighted by molar-refractivity contribution is 0.274. The number of aromatic nitrogens is 2. The molecular weight excluding hydrogens is 204 g/mol. The molecule has 0 saturated heterocycles. The minimum atomic E-state index is 0.571. The normalized spacial score (nSPS) is 10.1. The van der Waals surface area contributed by atoms with E-state index < -0.39 is 0 Å². The zero-order valence-electron chi connectivity index (χ0n) is 9.17. The summed E-state index contributed by atoms with van der Waals surface area (Å²) in [5.41, 5.74) is 0. The Bertz CT molecular complexity index is 426. The van der Waals surface area contributed by atoms with Crippen LogP contribution in [0.1, 0.15) is 0 Å². The van der Waals surface area contributed by atoms with Gasteiger partial charge in [-0.05, 0) is 18.2 Å². The fourth-order valence-electron chi connectivity index (χ4n) is 1.42. The van der Waals surface area contributed by atoms with Crippen LogP contribution < -0.4 is 9.47 Å². The third-order valence-corrected chi connectivity index (χ3v) is 2.21. The molecule has 0 atom stereocenters. The first-order chi connectivity index (χ1) is 7.90. The summed E-state index contributed by atoms with van der Waals surface area (Å²) in [6.07, 6.45) is 3.66. The lowest BCUT2D eigenvalue weighted by Gasteiger charge is -2.09. The van der Waals surface area contributed by atoms with Crippen LogP contribution in [-0.4, -0.2) is 23.5 Å². The third kappa shape index (κ3) is 2.53. The maximum Gasteiger partial charge on any atom is 0.161 e. The van der Waals surface area contributed by atoms with Gasteiger partial charge in [-0.15, -0.1) is 0 Å². The summed E-state index contributed by atoms with van der Waals surface area (Å²) in [6, 6.07) is 9.50. The number of methoxy groups -OCH3 is 1. The van der Waals surface area contributed by atoms with E-state index in [4.69, 9.17) is 9.47 Å². The number of hydrogen-bond donors (Lipinski definition) is 0. The molecule has 4 nitrogen and oxygen atoms in total. The molecule has 0 aliphatic heterocycles. The van der Waals surface area contributed by atoms with Crippen molar-refractivity contribution in [1.29, 1.82) is 0 Å². The molecule has 0 fully saturated rings. The van der Waals surface area contributed by atoms with Crippen molar-refractivity contribution < 1.29 is 9.47 Å². The smallest absolute Gasteiger partial charge is 0.161 e. The molecule has 1 heterocycles. The molecule has 0 unspecified atom stereocenters. The molecule has 2 rings (SSSR count). The van der Waals surface area contributed by atoms with Gasteiger partial charge < -0.3 is 9.47 Å². The van der Waals surface area contributed by atoms with Crippen molar-refractivity contribution in [3.63, 3.8) is 0 Å². The Hall–Kier alpha value is -1.97. The van der Waals surface area contributed by atoms with Crippen LogP contribution in [-0.2, 0) is 6.54 Å². The van der Waals surface area contributed by atoms with Crippen molar-refractivity contribution in [2.45, 2.75) is 6.54 Å². The van der Waals surface area contributed by atoms with Crippen molar-refractivity contribution in [3.8, 4) is 11.5 Å². The number of para-hydroxylation sites is 2. The zero-order chi connectivity index (χ0) is 11.2. The van der Waals surface area contributed by atoms with Crippen LogP contribution in [0.2, 0.25) is 0 Å². The van der Waals surface area contributed by atoms with Gasteiger partial charge in [-0.3, -0.25) is 4.68 Å². The maximum atomic E-state index is 5.62. The van der Waals surface area contributed by atoms with Gasteiger partial charge >= 0.3 is 0 Å². The van der Waals surface area contributed by atoms with Crippen LogP contribution in [0.4, 0.5) is 0 Å². The second kappa shape index (κ2) is 5.21. The number of nitrogens with zero attached hydrogens (tertiary/aromatic N) is 2.